The molecule has 0 saturated carbocycles. The number of rotatable bonds is 8. The lowest BCUT2D eigenvalue weighted by atomic mass is 10.1. The van der Waals surface area contributed by atoms with Crippen molar-refractivity contribution in [1.82, 2.24) is 15.1 Å². The monoisotopic (exact) mass is 407 g/mol. The highest BCUT2D eigenvalue weighted by Gasteiger charge is 2.15. The van der Waals surface area contributed by atoms with Gasteiger partial charge < -0.3 is 25.9 Å². The fourth-order valence-electron chi connectivity index (χ4n) is 2.81. The van der Waals surface area contributed by atoms with Crippen LogP contribution in [0.3, 0.4) is 0 Å². The summed E-state index contributed by atoms with van der Waals surface area (Å²) in [7, 11) is 1.73. The maximum Gasteiger partial charge on any atom is 0.277 e. The zero-order chi connectivity index (χ0) is 21.7. The number of hydrogen-bond donors (Lipinski definition) is 4. The molecule has 0 unspecified atom stereocenters. The SMILES string of the molecule is CNc1nc(N[C@@H](C)c2cccc(NC(=O)c3cc(C(C)C)on3)c2)cnc1C=N. The van der Waals surface area contributed by atoms with E-state index >= 15 is 0 Å². The Hall–Kier alpha value is -3.75. The maximum absolute atomic E-state index is 12.5. The molecule has 9 heteroatoms. The van der Waals surface area contributed by atoms with Crippen molar-refractivity contribution in [2.24, 2.45) is 0 Å². The minimum atomic E-state index is -0.324. The first-order chi connectivity index (χ1) is 14.4. The van der Waals surface area contributed by atoms with Gasteiger partial charge in [0.15, 0.2) is 11.5 Å². The Kier molecular flexibility index (Phi) is 6.41. The maximum atomic E-state index is 12.5. The predicted molar refractivity (Wildman–Crippen MR) is 116 cm³/mol. The Morgan fingerprint density at radius 1 is 1.23 bits per heavy atom. The van der Waals surface area contributed by atoms with Gasteiger partial charge in [-0.15, -0.1) is 0 Å². The summed E-state index contributed by atoms with van der Waals surface area (Å²) >= 11 is 0. The van der Waals surface area contributed by atoms with Crippen molar-refractivity contribution in [3.05, 3.63) is 59.2 Å². The molecule has 0 spiro atoms. The van der Waals surface area contributed by atoms with Gasteiger partial charge in [0.2, 0.25) is 0 Å². The number of benzene rings is 1. The largest absolute Gasteiger partial charge is 0.371 e. The molecule has 156 valence electrons. The first-order valence-electron chi connectivity index (χ1n) is 9.61. The van der Waals surface area contributed by atoms with Crippen molar-refractivity contribution in [3.63, 3.8) is 0 Å². The Bertz CT molecular complexity index is 1050. The van der Waals surface area contributed by atoms with Crippen molar-refractivity contribution < 1.29 is 9.32 Å². The van der Waals surface area contributed by atoms with Crippen LogP contribution in [-0.2, 0) is 0 Å². The van der Waals surface area contributed by atoms with E-state index in [0.29, 0.717) is 28.8 Å². The molecule has 1 atom stereocenters. The summed E-state index contributed by atoms with van der Waals surface area (Å²) in [6.07, 6.45) is 2.73. The Morgan fingerprint density at radius 2 is 2.03 bits per heavy atom. The van der Waals surface area contributed by atoms with Crippen LogP contribution in [0.15, 0.2) is 41.1 Å². The number of carbonyl (C=O) groups excluding carboxylic acids is 1. The average Bonchev–Trinajstić information content (AvgIpc) is 3.24. The molecule has 0 aliphatic carbocycles. The first-order valence-corrected chi connectivity index (χ1v) is 9.61. The summed E-state index contributed by atoms with van der Waals surface area (Å²) in [5.74, 6) is 1.61. The van der Waals surface area contributed by atoms with Gasteiger partial charge in [-0.05, 0) is 24.6 Å². The average molecular weight is 407 g/mol. The molecule has 0 bridgehead atoms. The van der Waals surface area contributed by atoms with Gasteiger partial charge in [0.25, 0.3) is 5.91 Å². The fourth-order valence-corrected chi connectivity index (χ4v) is 2.81. The molecule has 0 fully saturated rings. The fraction of sp³-hybridized carbons (Fsp3) is 0.286. The van der Waals surface area contributed by atoms with E-state index in [4.69, 9.17) is 9.93 Å². The molecule has 2 heterocycles. The number of carbonyl (C=O) groups is 1. The van der Waals surface area contributed by atoms with Gasteiger partial charge in [0.1, 0.15) is 17.3 Å². The predicted octanol–water partition coefficient (Wildman–Crippen LogP) is 4.05. The van der Waals surface area contributed by atoms with E-state index in [1.807, 2.05) is 45.0 Å². The molecular weight excluding hydrogens is 382 g/mol. The summed E-state index contributed by atoms with van der Waals surface area (Å²) < 4.78 is 5.20. The third kappa shape index (κ3) is 4.80. The molecular formula is C21H25N7O2. The summed E-state index contributed by atoms with van der Waals surface area (Å²) in [4.78, 5) is 21.1. The molecule has 1 aromatic carbocycles. The second-order valence-corrected chi connectivity index (χ2v) is 7.10. The van der Waals surface area contributed by atoms with Gasteiger partial charge in [-0.25, -0.2) is 9.97 Å². The van der Waals surface area contributed by atoms with Gasteiger partial charge in [-0.3, -0.25) is 4.79 Å². The number of aromatic nitrogens is 3. The third-order valence-electron chi connectivity index (χ3n) is 4.51. The topological polar surface area (TPSA) is 129 Å². The summed E-state index contributed by atoms with van der Waals surface area (Å²) in [5, 5.41) is 20.3. The van der Waals surface area contributed by atoms with E-state index in [1.165, 1.54) is 0 Å². The number of hydrogen-bond acceptors (Lipinski definition) is 8. The minimum absolute atomic E-state index is 0.0914. The number of nitrogens with zero attached hydrogens (tertiary/aromatic N) is 3. The van der Waals surface area contributed by atoms with Gasteiger partial charge >= 0.3 is 0 Å². The van der Waals surface area contributed by atoms with E-state index in [2.05, 4.69) is 31.1 Å². The summed E-state index contributed by atoms with van der Waals surface area (Å²) in [6.45, 7) is 5.93. The van der Waals surface area contributed by atoms with Gasteiger partial charge in [-0.2, -0.15) is 0 Å². The van der Waals surface area contributed by atoms with Crippen molar-refractivity contribution in [3.8, 4) is 0 Å². The van der Waals surface area contributed by atoms with Gasteiger partial charge in [0.05, 0.1) is 12.2 Å². The Balaban J connectivity index is 1.71. The van der Waals surface area contributed by atoms with Crippen LogP contribution in [0, 0.1) is 5.41 Å². The summed E-state index contributed by atoms with van der Waals surface area (Å²) in [6, 6.07) is 9.09. The van der Waals surface area contributed by atoms with E-state index in [0.717, 1.165) is 11.8 Å². The van der Waals surface area contributed by atoms with E-state index in [9.17, 15) is 4.79 Å². The molecule has 9 nitrogen and oxygen atoms in total. The van der Waals surface area contributed by atoms with Gasteiger partial charge in [0, 0.05) is 30.9 Å². The highest BCUT2D eigenvalue weighted by Crippen LogP contribution is 2.23. The van der Waals surface area contributed by atoms with Crippen molar-refractivity contribution >= 4 is 29.4 Å². The first kappa shape index (κ1) is 21.0. The van der Waals surface area contributed by atoms with E-state index in [1.54, 1.807) is 19.3 Å². The normalized spacial score (nSPS) is 11.8. The van der Waals surface area contributed by atoms with Crippen molar-refractivity contribution in [2.45, 2.75) is 32.7 Å². The van der Waals surface area contributed by atoms with Crippen LogP contribution in [0.5, 0.6) is 0 Å². The molecule has 4 N–H and O–H groups in total. The molecule has 0 radical (unpaired) electrons. The quantitative estimate of drug-likeness (QED) is 0.415. The molecule has 30 heavy (non-hydrogen) atoms. The molecule has 3 rings (SSSR count). The van der Waals surface area contributed by atoms with E-state index < -0.39 is 0 Å². The Morgan fingerprint density at radius 3 is 2.70 bits per heavy atom. The number of nitrogens with one attached hydrogen (secondary N) is 4. The number of amides is 1. The molecule has 1 amide bonds. The lowest BCUT2D eigenvalue weighted by Crippen LogP contribution is -2.14. The van der Waals surface area contributed by atoms with Crippen LogP contribution in [0.2, 0.25) is 0 Å². The smallest absolute Gasteiger partial charge is 0.277 e. The second kappa shape index (κ2) is 9.17. The standard InChI is InChI=1S/C21H25N7O2/c1-12(2)18-9-16(28-30-18)21(29)26-15-7-5-6-14(8-15)13(3)25-19-11-24-17(10-22)20(23-4)27-19/h5-13,22H,1-4H3,(H,26,29)(H2,23,25,27)/t13-/m0/s1. The number of anilines is 3. The molecule has 0 saturated heterocycles. The van der Waals surface area contributed by atoms with Crippen LogP contribution in [0.25, 0.3) is 0 Å². The second-order valence-electron chi connectivity index (χ2n) is 7.10. The third-order valence-corrected chi connectivity index (χ3v) is 4.51. The van der Waals surface area contributed by atoms with Crippen LogP contribution >= 0.6 is 0 Å². The minimum Gasteiger partial charge on any atom is -0.371 e. The van der Waals surface area contributed by atoms with Crippen LogP contribution in [-0.4, -0.2) is 34.3 Å². The molecule has 0 aliphatic heterocycles. The van der Waals surface area contributed by atoms with Crippen LogP contribution < -0.4 is 16.0 Å². The summed E-state index contributed by atoms with van der Waals surface area (Å²) in [5.41, 5.74) is 2.33. The van der Waals surface area contributed by atoms with Crippen molar-refractivity contribution in [1.29, 1.82) is 5.41 Å². The van der Waals surface area contributed by atoms with Crippen molar-refractivity contribution in [2.75, 3.05) is 23.0 Å². The van der Waals surface area contributed by atoms with Gasteiger partial charge in [-0.1, -0.05) is 31.1 Å². The lowest BCUT2D eigenvalue weighted by molar-refractivity contribution is 0.101. The lowest BCUT2D eigenvalue weighted by Gasteiger charge is -2.17. The zero-order valence-electron chi connectivity index (χ0n) is 17.4. The molecule has 0 aliphatic rings. The highest BCUT2D eigenvalue weighted by atomic mass is 16.5. The zero-order valence-corrected chi connectivity index (χ0v) is 17.4. The van der Waals surface area contributed by atoms with E-state index in [-0.39, 0.29) is 23.6 Å². The molecule has 3 aromatic rings. The highest BCUT2D eigenvalue weighted by molar-refractivity contribution is 6.02. The van der Waals surface area contributed by atoms with Crippen LogP contribution in [0.4, 0.5) is 17.3 Å². The Labute approximate surface area is 174 Å². The van der Waals surface area contributed by atoms with Crippen LogP contribution in [0.1, 0.15) is 60.2 Å². The molecule has 2 aromatic heterocycles.